The second-order valence-corrected chi connectivity index (χ2v) is 2.84. The van der Waals surface area contributed by atoms with Gasteiger partial charge in [0.05, 0.1) is 6.42 Å². The van der Waals surface area contributed by atoms with E-state index in [9.17, 15) is 18.4 Å². The Bertz CT molecular complexity index is 385. The highest BCUT2D eigenvalue weighted by Gasteiger charge is 2.28. The van der Waals surface area contributed by atoms with Gasteiger partial charge in [-0.05, 0) is 12.1 Å². The van der Waals surface area contributed by atoms with E-state index in [2.05, 4.69) is 0 Å². The van der Waals surface area contributed by atoms with E-state index in [-0.39, 0.29) is 17.5 Å². The van der Waals surface area contributed by atoms with Crippen LogP contribution in [0.15, 0.2) is 12.1 Å². The van der Waals surface area contributed by atoms with Crippen molar-refractivity contribution in [2.24, 2.45) is 0 Å². The zero-order chi connectivity index (χ0) is 9.59. The van der Waals surface area contributed by atoms with E-state index in [1.54, 1.807) is 0 Å². The van der Waals surface area contributed by atoms with Crippen molar-refractivity contribution in [3.63, 3.8) is 0 Å². The van der Waals surface area contributed by atoms with Crippen LogP contribution >= 0.6 is 0 Å². The predicted molar refractivity (Wildman–Crippen MR) is 39.6 cm³/mol. The monoisotopic (exact) mass is 182 g/mol. The molecule has 0 bridgehead atoms. The highest BCUT2D eigenvalue weighted by Crippen LogP contribution is 2.24. The number of fused-ring (bicyclic) bond motifs is 1. The lowest BCUT2D eigenvalue weighted by atomic mass is 10.1. The molecule has 0 radical (unpaired) electrons. The molecule has 0 unspecified atom stereocenters. The molecule has 1 aromatic rings. The van der Waals surface area contributed by atoms with Crippen LogP contribution in [0.5, 0.6) is 0 Å². The second kappa shape index (κ2) is 2.45. The van der Waals surface area contributed by atoms with E-state index in [0.29, 0.717) is 0 Å². The first-order valence-electron chi connectivity index (χ1n) is 3.65. The van der Waals surface area contributed by atoms with Gasteiger partial charge in [0, 0.05) is 11.1 Å². The second-order valence-electron chi connectivity index (χ2n) is 2.84. The number of hydrogen-bond donors (Lipinski definition) is 0. The molecule has 1 aliphatic carbocycles. The minimum Gasteiger partial charge on any atom is -0.294 e. The maximum atomic E-state index is 12.6. The lowest BCUT2D eigenvalue weighted by Gasteiger charge is -1.96. The van der Waals surface area contributed by atoms with Gasteiger partial charge in [-0.2, -0.15) is 0 Å². The van der Waals surface area contributed by atoms with Crippen molar-refractivity contribution in [2.75, 3.05) is 0 Å². The van der Waals surface area contributed by atoms with Gasteiger partial charge in [-0.1, -0.05) is 0 Å². The van der Waals surface area contributed by atoms with Crippen LogP contribution in [0.2, 0.25) is 0 Å². The Balaban J connectivity index is 2.72. The molecule has 2 rings (SSSR count). The van der Waals surface area contributed by atoms with Crippen LogP contribution in [-0.4, -0.2) is 11.6 Å². The minimum absolute atomic E-state index is 0.0103. The molecule has 0 aromatic heterocycles. The molecular weight excluding hydrogens is 178 g/mol. The van der Waals surface area contributed by atoms with Crippen LogP contribution in [0.1, 0.15) is 27.1 Å². The topological polar surface area (TPSA) is 34.1 Å². The summed E-state index contributed by atoms with van der Waals surface area (Å²) < 4.78 is 25.3. The van der Waals surface area contributed by atoms with Gasteiger partial charge in [-0.15, -0.1) is 0 Å². The Morgan fingerprint density at radius 2 is 1.31 bits per heavy atom. The van der Waals surface area contributed by atoms with Crippen LogP contribution in [-0.2, 0) is 0 Å². The predicted octanol–water partition coefficient (Wildman–Crippen LogP) is 1.73. The van der Waals surface area contributed by atoms with Gasteiger partial charge in [0.2, 0.25) is 0 Å². The SMILES string of the molecule is O=C1CC(=O)c2cc(F)c(F)cc21. The summed E-state index contributed by atoms with van der Waals surface area (Å²) in [6.07, 6.45) is -0.280. The first kappa shape index (κ1) is 8.04. The smallest absolute Gasteiger partial charge is 0.171 e. The van der Waals surface area contributed by atoms with E-state index in [4.69, 9.17) is 0 Å². The van der Waals surface area contributed by atoms with Crippen LogP contribution < -0.4 is 0 Å². The third kappa shape index (κ3) is 1.06. The molecule has 0 heterocycles. The summed E-state index contributed by atoms with van der Waals surface area (Å²) in [6.45, 7) is 0. The van der Waals surface area contributed by atoms with Gasteiger partial charge in [0.1, 0.15) is 0 Å². The molecule has 66 valence electrons. The molecule has 13 heavy (non-hydrogen) atoms. The van der Waals surface area contributed by atoms with Crippen molar-refractivity contribution < 1.29 is 18.4 Å². The fourth-order valence-electron chi connectivity index (χ4n) is 1.34. The van der Waals surface area contributed by atoms with Gasteiger partial charge < -0.3 is 0 Å². The fourth-order valence-corrected chi connectivity index (χ4v) is 1.34. The Morgan fingerprint density at radius 3 is 1.69 bits per heavy atom. The molecule has 1 aliphatic rings. The lowest BCUT2D eigenvalue weighted by Crippen LogP contribution is -1.95. The number of carbonyl (C=O) groups excluding carboxylic acids is 2. The molecule has 1 aromatic carbocycles. The molecule has 0 spiro atoms. The standard InChI is InChI=1S/C9H4F2O2/c10-6-1-4-5(2-7(6)11)9(13)3-8(4)12/h1-2H,3H2. The summed E-state index contributed by atoms with van der Waals surface area (Å²) >= 11 is 0. The van der Waals surface area contributed by atoms with Gasteiger partial charge in [0.25, 0.3) is 0 Å². The van der Waals surface area contributed by atoms with Crippen molar-refractivity contribution in [3.8, 4) is 0 Å². The Hall–Kier alpha value is -1.58. The number of benzene rings is 1. The summed E-state index contributed by atoms with van der Waals surface area (Å²) in [5.41, 5.74) is -0.0206. The lowest BCUT2D eigenvalue weighted by molar-refractivity contribution is 0.0923. The van der Waals surface area contributed by atoms with Crippen LogP contribution in [0.25, 0.3) is 0 Å². The molecule has 0 atom stereocenters. The van der Waals surface area contributed by atoms with Crippen molar-refractivity contribution in [1.82, 2.24) is 0 Å². The molecule has 2 nitrogen and oxygen atoms in total. The molecule has 0 N–H and O–H groups in total. The molecule has 0 amide bonds. The van der Waals surface area contributed by atoms with Gasteiger partial charge in [-0.3, -0.25) is 9.59 Å². The highest BCUT2D eigenvalue weighted by molar-refractivity contribution is 6.24. The van der Waals surface area contributed by atoms with E-state index < -0.39 is 23.2 Å². The minimum atomic E-state index is -1.10. The van der Waals surface area contributed by atoms with Crippen molar-refractivity contribution in [2.45, 2.75) is 6.42 Å². The van der Waals surface area contributed by atoms with Crippen molar-refractivity contribution in [3.05, 3.63) is 34.9 Å². The first-order chi connectivity index (χ1) is 6.09. The van der Waals surface area contributed by atoms with Crippen molar-refractivity contribution in [1.29, 1.82) is 0 Å². The average Bonchev–Trinajstić information content (AvgIpc) is 2.31. The third-order valence-corrected chi connectivity index (χ3v) is 1.98. The third-order valence-electron chi connectivity index (χ3n) is 1.98. The zero-order valence-electron chi connectivity index (χ0n) is 6.43. The molecule has 0 aliphatic heterocycles. The number of Topliss-reactive ketones (excluding diaryl/α,β-unsaturated/α-hetero) is 2. The van der Waals surface area contributed by atoms with E-state index >= 15 is 0 Å². The summed E-state index contributed by atoms with van der Waals surface area (Å²) in [6, 6.07) is 1.55. The van der Waals surface area contributed by atoms with Crippen molar-refractivity contribution >= 4 is 11.6 Å². The average molecular weight is 182 g/mol. The largest absolute Gasteiger partial charge is 0.294 e. The number of carbonyl (C=O) groups is 2. The van der Waals surface area contributed by atoms with E-state index in [1.165, 1.54) is 0 Å². The number of ketones is 2. The molecule has 0 saturated heterocycles. The number of hydrogen-bond acceptors (Lipinski definition) is 2. The van der Waals surface area contributed by atoms with Gasteiger partial charge >= 0.3 is 0 Å². The number of rotatable bonds is 0. The maximum Gasteiger partial charge on any atom is 0.171 e. The molecule has 0 fully saturated rings. The maximum absolute atomic E-state index is 12.6. The highest BCUT2D eigenvalue weighted by atomic mass is 19.2. The van der Waals surface area contributed by atoms with Crippen LogP contribution in [0, 0.1) is 11.6 Å². The summed E-state index contributed by atoms with van der Waals surface area (Å²) in [5, 5.41) is 0. The fraction of sp³-hybridized carbons (Fsp3) is 0.111. The Morgan fingerprint density at radius 1 is 0.923 bits per heavy atom. The Kier molecular flexibility index (Phi) is 1.52. The summed E-state index contributed by atoms with van der Waals surface area (Å²) in [4.78, 5) is 22.1. The quantitative estimate of drug-likeness (QED) is 0.572. The van der Waals surface area contributed by atoms with Gasteiger partial charge in [-0.25, -0.2) is 8.78 Å². The van der Waals surface area contributed by atoms with E-state index in [1.807, 2.05) is 0 Å². The Labute approximate surface area is 72.2 Å². The van der Waals surface area contributed by atoms with Crippen LogP contribution in [0.3, 0.4) is 0 Å². The normalized spacial score (nSPS) is 14.9. The zero-order valence-corrected chi connectivity index (χ0v) is 6.43. The van der Waals surface area contributed by atoms with Crippen LogP contribution in [0.4, 0.5) is 8.78 Å². The molecular formula is C9H4F2O2. The molecule has 0 saturated carbocycles. The first-order valence-corrected chi connectivity index (χ1v) is 3.65. The molecule has 4 heteroatoms. The summed E-state index contributed by atoms with van der Waals surface area (Å²) in [7, 11) is 0. The van der Waals surface area contributed by atoms with Gasteiger partial charge in [0.15, 0.2) is 23.2 Å². The van der Waals surface area contributed by atoms with E-state index in [0.717, 1.165) is 12.1 Å². The summed E-state index contributed by atoms with van der Waals surface area (Å²) in [5.74, 6) is -3.08. The number of halogens is 2.